The lowest BCUT2D eigenvalue weighted by molar-refractivity contribution is 0.324. The minimum atomic E-state index is 0.121. The molecule has 0 fully saturated rings. The number of hydrogen-bond acceptors (Lipinski definition) is 2. The van der Waals surface area contributed by atoms with Crippen LogP contribution in [0.1, 0.15) is 6.92 Å². The summed E-state index contributed by atoms with van der Waals surface area (Å²) in [6.45, 7) is 3.95. The standard InChI is InChI=1S/C16H14Cl5NO/c1-2-22(10-6-4-3-5-7-10)8-9-23-16-14(20)12(18)11(17)13(19)15(16)21/h3-7H,2,8-9H2,1H3. The third-order valence-electron chi connectivity index (χ3n) is 3.28. The number of benzene rings is 2. The van der Waals surface area contributed by atoms with E-state index in [4.69, 9.17) is 62.7 Å². The highest BCUT2D eigenvalue weighted by Crippen LogP contribution is 2.48. The maximum atomic E-state index is 6.14. The summed E-state index contributed by atoms with van der Waals surface area (Å²) in [5.74, 6) is 0.247. The van der Waals surface area contributed by atoms with Gasteiger partial charge in [-0.05, 0) is 19.1 Å². The molecule has 0 aliphatic rings. The average Bonchev–Trinajstić information content (AvgIpc) is 2.58. The van der Waals surface area contributed by atoms with Gasteiger partial charge in [-0.25, -0.2) is 0 Å². The summed E-state index contributed by atoms with van der Waals surface area (Å²) in [6.07, 6.45) is 0. The van der Waals surface area contributed by atoms with Crippen LogP contribution in [0.4, 0.5) is 5.69 Å². The number of anilines is 1. The Morgan fingerprint density at radius 3 is 1.87 bits per heavy atom. The molecule has 2 nitrogen and oxygen atoms in total. The van der Waals surface area contributed by atoms with E-state index in [2.05, 4.69) is 11.8 Å². The van der Waals surface area contributed by atoms with Crippen LogP contribution >= 0.6 is 58.0 Å². The first kappa shape index (κ1) is 18.8. The van der Waals surface area contributed by atoms with Gasteiger partial charge in [-0.15, -0.1) is 0 Å². The van der Waals surface area contributed by atoms with Crippen molar-refractivity contribution in [2.45, 2.75) is 6.92 Å². The van der Waals surface area contributed by atoms with E-state index in [0.29, 0.717) is 13.2 Å². The van der Waals surface area contributed by atoms with Gasteiger partial charge in [0.05, 0.1) is 21.6 Å². The predicted octanol–water partition coefficient (Wildman–Crippen LogP) is 6.86. The van der Waals surface area contributed by atoms with Crippen molar-refractivity contribution in [2.75, 3.05) is 24.6 Å². The molecular weight excluding hydrogens is 399 g/mol. The molecule has 0 radical (unpaired) electrons. The highest BCUT2D eigenvalue weighted by molar-refractivity contribution is 6.55. The molecule has 0 aliphatic heterocycles. The number of likely N-dealkylation sites (N-methyl/N-ethyl adjacent to an activating group) is 1. The lowest BCUT2D eigenvalue weighted by Crippen LogP contribution is -2.28. The Kier molecular flexibility index (Phi) is 7.00. The molecule has 0 atom stereocenters. The summed E-state index contributed by atoms with van der Waals surface area (Å²) >= 11 is 30.3. The normalized spacial score (nSPS) is 10.7. The van der Waals surface area contributed by atoms with Crippen molar-refractivity contribution in [1.29, 1.82) is 0 Å². The molecule has 0 aliphatic carbocycles. The van der Waals surface area contributed by atoms with Gasteiger partial charge >= 0.3 is 0 Å². The van der Waals surface area contributed by atoms with E-state index in [-0.39, 0.29) is 30.9 Å². The smallest absolute Gasteiger partial charge is 0.159 e. The summed E-state index contributed by atoms with van der Waals surface area (Å²) in [6, 6.07) is 10.0. The van der Waals surface area contributed by atoms with E-state index < -0.39 is 0 Å². The molecule has 23 heavy (non-hydrogen) atoms. The highest BCUT2D eigenvalue weighted by atomic mass is 35.5. The second kappa shape index (κ2) is 8.55. The first-order chi connectivity index (χ1) is 11.0. The molecule has 0 aromatic heterocycles. The number of halogens is 5. The van der Waals surface area contributed by atoms with Gasteiger partial charge in [0.1, 0.15) is 16.7 Å². The van der Waals surface area contributed by atoms with E-state index in [0.717, 1.165) is 12.2 Å². The largest absolute Gasteiger partial charge is 0.488 e. The fraction of sp³-hybridized carbons (Fsp3) is 0.250. The first-order valence-electron chi connectivity index (χ1n) is 6.91. The van der Waals surface area contributed by atoms with Gasteiger partial charge < -0.3 is 9.64 Å². The van der Waals surface area contributed by atoms with Gasteiger partial charge in [0, 0.05) is 12.2 Å². The maximum absolute atomic E-state index is 6.14. The van der Waals surface area contributed by atoms with E-state index in [1.807, 2.05) is 30.3 Å². The van der Waals surface area contributed by atoms with Crippen LogP contribution in [0.2, 0.25) is 25.1 Å². The van der Waals surface area contributed by atoms with E-state index in [9.17, 15) is 0 Å². The SMILES string of the molecule is CCN(CCOc1c(Cl)c(Cl)c(Cl)c(Cl)c1Cl)c1ccccc1. The topological polar surface area (TPSA) is 12.5 Å². The van der Waals surface area contributed by atoms with Crippen LogP contribution in [-0.4, -0.2) is 19.7 Å². The molecule has 2 aromatic carbocycles. The molecule has 0 heterocycles. The van der Waals surface area contributed by atoms with Crippen molar-refractivity contribution >= 4 is 63.7 Å². The Labute approximate surface area is 160 Å². The van der Waals surface area contributed by atoms with Crippen molar-refractivity contribution in [1.82, 2.24) is 0 Å². The maximum Gasteiger partial charge on any atom is 0.159 e. The monoisotopic (exact) mass is 411 g/mol. The summed E-state index contributed by atoms with van der Waals surface area (Å²) in [5, 5.41) is 0.707. The molecule has 0 saturated carbocycles. The van der Waals surface area contributed by atoms with Crippen molar-refractivity contribution in [3.63, 3.8) is 0 Å². The molecule has 2 aromatic rings. The summed E-state index contributed by atoms with van der Waals surface area (Å²) in [5.41, 5.74) is 1.11. The molecule has 0 amide bonds. The van der Waals surface area contributed by atoms with Crippen LogP contribution in [0, 0.1) is 0 Å². The Bertz CT molecular complexity index is 649. The molecule has 0 bridgehead atoms. The quantitative estimate of drug-likeness (QED) is 0.379. The summed E-state index contributed by atoms with van der Waals surface area (Å²) in [4.78, 5) is 2.17. The van der Waals surface area contributed by atoms with Crippen LogP contribution < -0.4 is 9.64 Å². The van der Waals surface area contributed by atoms with Crippen LogP contribution in [0.5, 0.6) is 5.75 Å². The van der Waals surface area contributed by atoms with E-state index >= 15 is 0 Å². The summed E-state index contributed by atoms with van der Waals surface area (Å²) < 4.78 is 5.70. The second-order valence-corrected chi connectivity index (χ2v) is 6.55. The van der Waals surface area contributed by atoms with Crippen LogP contribution in [0.25, 0.3) is 0 Å². The molecule has 2 rings (SSSR count). The average molecular weight is 414 g/mol. The van der Waals surface area contributed by atoms with Gasteiger partial charge in [0.15, 0.2) is 5.75 Å². The second-order valence-electron chi connectivity index (χ2n) is 4.66. The Morgan fingerprint density at radius 2 is 1.35 bits per heavy atom. The molecule has 0 N–H and O–H groups in total. The zero-order valence-corrected chi connectivity index (χ0v) is 16.0. The fourth-order valence-electron chi connectivity index (χ4n) is 2.08. The molecular formula is C16H14Cl5NO. The summed E-state index contributed by atoms with van der Waals surface area (Å²) in [7, 11) is 0. The third-order valence-corrected chi connectivity index (χ3v) is 5.52. The van der Waals surface area contributed by atoms with Gasteiger partial charge in [-0.2, -0.15) is 0 Å². The number of nitrogens with zero attached hydrogens (tertiary/aromatic N) is 1. The number of hydrogen-bond donors (Lipinski definition) is 0. The van der Waals surface area contributed by atoms with Crippen LogP contribution in [0.15, 0.2) is 30.3 Å². The zero-order valence-electron chi connectivity index (χ0n) is 12.3. The van der Waals surface area contributed by atoms with Gasteiger partial charge in [-0.3, -0.25) is 0 Å². The highest BCUT2D eigenvalue weighted by Gasteiger charge is 2.20. The lowest BCUT2D eigenvalue weighted by atomic mass is 10.3. The van der Waals surface area contributed by atoms with Crippen molar-refractivity contribution in [3.8, 4) is 5.75 Å². The fourth-order valence-corrected chi connectivity index (χ4v) is 3.31. The molecule has 0 unspecified atom stereocenters. The number of rotatable bonds is 6. The minimum Gasteiger partial charge on any atom is -0.488 e. The molecule has 124 valence electrons. The van der Waals surface area contributed by atoms with Gasteiger partial charge in [0.2, 0.25) is 0 Å². The Morgan fingerprint density at radius 1 is 0.826 bits per heavy atom. The number of para-hydroxylation sites is 1. The Hall–Kier alpha value is -0.510. The van der Waals surface area contributed by atoms with Crippen molar-refractivity contribution < 1.29 is 4.74 Å². The molecule has 7 heteroatoms. The van der Waals surface area contributed by atoms with E-state index in [1.165, 1.54) is 0 Å². The lowest BCUT2D eigenvalue weighted by Gasteiger charge is -2.23. The molecule has 0 spiro atoms. The van der Waals surface area contributed by atoms with Crippen molar-refractivity contribution in [3.05, 3.63) is 55.4 Å². The van der Waals surface area contributed by atoms with Gasteiger partial charge in [0.25, 0.3) is 0 Å². The zero-order chi connectivity index (χ0) is 17.0. The first-order valence-corrected chi connectivity index (χ1v) is 8.80. The van der Waals surface area contributed by atoms with Crippen molar-refractivity contribution in [2.24, 2.45) is 0 Å². The molecule has 0 saturated heterocycles. The van der Waals surface area contributed by atoms with E-state index in [1.54, 1.807) is 0 Å². The Balaban J connectivity index is 2.10. The number of ether oxygens (including phenoxy) is 1. The van der Waals surface area contributed by atoms with Crippen LogP contribution in [0.3, 0.4) is 0 Å². The predicted molar refractivity (Wildman–Crippen MR) is 101 cm³/mol. The third kappa shape index (κ3) is 4.32. The minimum absolute atomic E-state index is 0.121. The van der Waals surface area contributed by atoms with Gasteiger partial charge in [-0.1, -0.05) is 76.2 Å². The van der Waals surface area contributed by atoms with Crippen LogP contribution in [-0.2, 0) is 0 Å².